The van der Waals surface area contributed by atoms with E-state index >= 15 is 0 Å². The highest BCUT2D eigenvalue weighted by molar-refractivity contribution is 7.92. The highest BCUT2D eigenvalue weighted by atomic mass is 32.2. The molecule has 0 aliphatic carbocycles. The van der Waals surface area contributed by atoms with Gasteiger partial charge in [0.05, 0.1) is 22.4 Å². The second kappa shape index (κ2) is 8.64. The van der Waals surface area contributed by atoms with E-state index in [2.05, 4.69) is 9.82 Å². The molecule has 160 valence electrons. The number of hydrogen-bond donors (Lipinski definition) is 1. The molecule has 1 N–H and O–H groups in total. The summed E-state index contributed by atoms with van der Waals surface area (Å²) in [6.45, 7) is 3.62. The van der Waals surface area contributed by atoms with Gasteiger partial charge in [-0.15, -0.1) is 11.3 Å². The normalized spacial score (nSPS) is 16.3. The van der Waals surface area contributed by atoms with Crippen molar-refractivity contribution in [3.63, 3.8) is 0 Å². The van der Waals surface area contributed by atoms with E-state index in [4.69, 9.17) is 0 Å². The number of anilines is 1. The lowest BCUT2D eigenvalue weighted by atomic mass is 9.97. The fourth-order valence-corrected chi connectivity index (χ4v) is 4.71. The van der Waals surface area contributed by atoms with E-state index in [9.17, 15) is 13.2 Å². The van der Waals surface area contributed by atoms with Crippen molar-refractivity contribution < 1.29 is 13.2 Å². The first kappa shape index (κ1) is 21.3. The van der Waals surface area contributed by atoms with Crippen molar-refractivity contribution in [2.24, 2.45) is 5.10 Å². The Balaban J connectivity index is 1.64. The first-order valence-electron chi connectivity index (χ1n) is 9.98. The van der Waals surface area contributed by atoms with Crippen LogP contribution in [-0.4, -0.2) is 30.8 Å². The van der Waals surface area contributed by atoms with Crippen LogP contribution in [-0.2, 0) is 10.0 Å². The number of hydrazone groups is 1. The molecule has 31 heavy (non-hydrogen) atoms. The van der Waals surface area contributed by atoms with Crippen molar-refractivity contribution in [2.75, 3.05) is 10.5 Å². The van der Waals surface area contributed by atoms with Crippen LogP contribution in [0.1, 0.15) is 45.7 Å². The van der Waals surface area contributed by atoms with Gasteiger partial charge >= 0.3 is 0 Å². The Morgan fingerprint density at radius 2 is 1.84 bits per heavy atom. The summed E-state index contributed by atoms with van der Waals surface area (Å²) in [6.07, 6.45) is 0.584. The minimum absolute atomic E-state index is 0.0134. The molecule has 1 aromatic heterocycles. The van der Waals surface area contributed by atoms with Crippen LogP contribution in [0, 0.1) is 6.92 Å². The Morgan fingerprint density at radius 3 is 2.45 bits per heavy atom. The third kappa shape index (κ3) is 4.70. The van der Waals surface area contributed by atoms with Gasteiger partial charge in [-0.25, -0.2) is 13.4 Å². The van der Waals surface area contributed by atoms with Gasteiger partial charge < -0.3 is 0 Å². The van der Waals surface area contributed by atoms with Gasteiger partial charge in [-0.2, -0.15) is 5.10 Å². The fraction of sp³-hybridized carbons (Fsp3) is 0.217. The first-order valence-corrected chi connectivity index (χ1v) is 12.5. The number of benzene rings is 2. The maximum absolute atomic E-state index is 13.1. The molecular formula is C23H23N3O3S2. The molecule has 0 saturated carbocycles. The molecule has 2 aromatic carbocycles. The smallest absolute Gasteiger partial charge is 0.284 e. The molecule has 4 rings (SSSR count). The Hall–Kier alpha value is -2.97. The number of thiophene rings is 1. The molecule has 0 spiro atoms. The van der Waals surface area contributed by atoms with Crippen molar-refractivity contribution in [1.82, 2.24) is 5.01 Å². The molecule has 1 atom stereocenters. The van der Waals surface area contributed by atoms with E-state index in [0.29, 0.717) is 17.0 Å². The standard InChI is InChI=1S/C23H23N3O3S2/c1-3-31(28,29)25-19-12-10-17(11-13-19)20-15-21(18-8-6-16(2)7-9-18)26(24-20)23(27)22-5-4-14-30-22/h4-14,21,25H,3,15H2,1-2H3. The third-order valence-corrected chi connectivity index (χ3v) is 7.35. The fourth-order valence-electron chi connectivity index (χ4n) is 3.42. The number of carbonyl (C=O) groups excluding carboxylic acids is 1. The quantitative estimate of drug-likeness (QED) is 0.582. The van der Waals surface area contributed by atoms with E-state index in [1.165, 1.54) is 11.3 Å². The zero-order chi connectivity index (χ0) is 22.0. The minimum Gasteiger partial charge on any atom is -0.284 e. The van der Waals surface area contributed by atoms with Crippen LogP contribution in [0.4, 0.5) is 5.69 Å². The van der Waals surface area contributed by atoms with E-state index in [0.717, 1.165) is 22.4 Å². The summed E-state index contributed by atoms with van der Waals surface area (Å²) in [5.41, 5.74) is 4.34. The summed E-state index contributed by atoms with van der Waals surface area (Å²) >= 11 is 1.40. The van der Waals surface area contributed by atoms with Gasteiger partial charge in [-0.05, 0) is 48.6 Å². The topological polar surface area (TPSA) is 78.8 Å². The maximum Gasteiger partial charge on any atom is 0.284 e. The third-order valence-electron chi connectivity index (χ3n) is 5.18. The highest BCUT2D eigenvalue weighted by Crippen LogP contribution is 2.35. The Morgan fingerprint density at radius 1 is 1.13 bits per heavy atom. The van der Waals surface area contributed by atoms with Crippen molar-refractivity contribution >= 4 is 38.7 Å². The number of aryl methyl sites for hydroxylation is 1. The maximum atomic E-state index is 13.1. The van der Waals surface area contributed by atoms with E-state index in [-0.39, 0.29) is 17.7 Å². The van der Waals surface area contributed by atoms with Crippen LogP contribution >= 0.6 is 11.3 Å². The number of amides is 1. The van der Waals surface area contributed by atoms with Gasteiger partial charge in [0.2, 0.25) is 10.0 Å². The molecule has 0 saturated heterocycles. The summed E-state index contributed by atoms with van der Waals surface area (Å²) in [6, 6.07) is 18.7. The van der Waals surface area contributed by atoms with Gasteiger partial charge in [-0.3, -0.25) is 9.52 Å². The van der Waals surface area contributed by atoms with E-state index in [1.54, 1.807) is 30.1 Å². The first-order chi connectivity index (χ1) is 14.9. The summed E-state index contributed by atoms with van der Waals surface area (Å²) < 4.78 is 26.1. The summed E-state index contributed by atoms with van der Waals surface area (Å²) in [7, 11) is -3.33. The summed E-state index contributed by atoms with van der Waals surface area (Å²) in [5, 5.41) is 8.13. The second-order valence-electron chi connectivity index (χ2n) is 7.39. The zero-order valence-electron chi connectivity index (χ0n) is 17.3. The molecule has 0 radical (unpaired) electrons. The van der Waals surface area contributed by atoms with Gasteiger partial charge in [0.1, 0.15) is 0 Å². The molecule has 6 nitrogen and oxygen atoms in total. The predicted molar refractivity (Wildman–Crippen MR) is 125 cm³/mol. The van der Waals surface area contributed by atoms with Crippen molar-refractivity contribution in [1.29, 1.82) is 0 Å². The van der Waals surface area contributed by atoms with E-state index in [1.807, 2.05) is 54.8 Å². The van der Waals surface area contributed by atoms with Crippen LogP contribution in [0.25, 0.3) is 0 Å². The second-order valence-corrected chi connectivity index (χ2v) is 10.3. The lowest BCUT2D eigenvalue weighted by molar-refractivity contribution is 0.0716. The Bertz CT molecular complexity index is 1200. The molecule has 1 unspecified atom stereocenters. The lowest BCUT2D eigenvalue weighted by Gasteiger charge is -2.21. The average Bonchev–Trinajstić information content (AvgIpc) is 3.45. The van der Waals surface area contributed by atoms with Crippen LogP contribution in [0.15, 0.2) is 71.1 Å². The van der Waals surface area contributed by atoms with Gasteiger partial charge in [0, 0.05) is 12.1 Å². The van der Waals surface area contributed by atoms with Gasteiger partial charge in [-0.1, -0.05) is 48.0 Å². The largest absolute Gasteiger partial charge is 0.284 e. The SMILES string of the molecule is CCS(=O)(=O)Nc1ccc(C2=NN(C(=O)c3cccs3)C(c3ccc(C)cc3)C2)cc1. The summed E-state index contributed by atoms with van der Waals surface area (Å²) in [4.78, 5) is 13.8. The van der Waals surface area contributed by atoms with Crippen LogP contribution in [0.2, 0.25) is 0 Å². The monoisotopic (exact) mass is 453 g/mol. The Kier molecular flexibility index (Phi) is 5.93. The minimum atomic E-state index is -3.33. The van der Waals surface area contributed by atoms with Crippen molar-refractivity contribution in [3.8, 4) is 0 Å². The molecule has 1 aliphatic heterocycles. The van der Waals surface area contributed by atoms with Crippen LogP contribution in [0.5, 0.6) is 0 Å². The number of nitrogens with one attached hydrogen (secondary N) is 1. The molecule has 1 amide bonds. The predicted octanol–water partition coefficient (Wildman–Crippen LogP) is 4.81. The molecule has 0 bridgehead atoms. The molecular weight excluding hydrogens is 430 g/mol. The van der Waals surface area contributed by atoms with E-state index < -0.39 is 10.0 Å². The average molecular weight is 454 g/mol. The number of nitrogens with zero attached hydrogens (tertiary/aromatic N) is 2. The molecule has 8 heteroatoms. The van der Waals surface area contributed by atoms with Gasteiger partial charge in [0.25, 0.3) is 5.91 Å². The van der Waals surface area contributed by atoms with Crippen molar-refractivity contribution in [3.05, 3.63) is 87.6 Å². The number of hydrogen-bond acceptors (Lipinski definition) is 5. The number of sulfonamides is 1. The number of rotatable bonds is 6. The molecule has 2 heterocycles. The van der Waals surface area contributed by atoms with Crippen LogP contribution in [0.3, 0.4) is 0 Å². The van der Waals surface area contributed by atoms with Crippen molar-refractivity contribution in [2.45, 2.75) is 26.3 Å². The Labute approximate surface area is 186 Å². The van der Waals surface area contributed by atoms with Gasteiger partial charge in [0.15, 0.2) is 0 Å². The zero-order valence-corrected chi connectivity index (χ0v) is 18.9. The highest BCUT2D eigenvalue weighted by Gasteiger charge is 2.34. The number of carbonyl (C=O) groups is 1. The lowest BCUT2D eigenvalue weighted by Crippen LogP contribution is -2.26. The molecule has 1 aliphatic rings. The van der Waals surface area contributed by atoms with Crippen LogP contribution < -0.4 is 4.72 Å². The molecule has 3 aromatic rings. The molecule has 0 fully saturated rings. The summed E-state index contributed by atoms with van der Waals surface area (Å²) in [5.74, 6) is -0.109.